The molecule has 0 heterocycles. The fourth-order valence-corrected chi connectivity index (χ4v) is 1.82. The van der Waals surface area contributed by atoms with Crippen molar-refractivity contribution in [2.45, 2.75) is 19.9 Å². The largest absolute Gasteiger partial charge is 0.392 e. The van der Waals surface area contributed by atoms with E-state index in [2.05, 4.69) is 20.9 Å². The van der Waals surface area contributed by atoms with E-state index in [1.54, 1.807) is 0 Å². The van der Waals surface area contributed by atoms with Crippen LogP contribution in [0.5, 0.6) is 0 Å². The van der Waals surface area contributed by atoms with Crippen molar-refractivity contribution in [2.24, 2.45) is 5.73 Å². The van der Waals surface area contributed by atoms with Gasteiger partial charge in [0.25, 0.3) is 0 Å². The lowest BCUT2D eigenvalue weighted by Crippen LogP contribution is -1.98. The highest BCUT2D eigenvalue weighted by atomic mass is 79.9. The van der Waals surface area contributed by atoms with E-state index in [0.29, 0.717) is 12.2 Å². The Kier molecular flexibility index (Phi) is 3.40. The molecule has 1 aromatic rings. The number of aryl methyl sites for hydroxylation is 1. The monoisotopic (exact) mass is 240 g/mol. The van der Waals surface area contributed by atoms with Gasteiger partial charge in [-0.15, -0.1) is 0 Å². The lowest BCUT2D eigenvalue weighted by molar-refractivity contribution is 1.05. The van der Waals surface area contributed by atoms with E-state index in [9.17, 15) is 0 Å². The minimum atomic E-state index is 0.381. The Hall–Kier alpha value is -0.920. The Labute approximate surface area is 85.7 Å². The maximum absolute atomic E-state index is 8.81. The average molecular weight is 241 g/mol. The van der Waals surface area contributed by atoms with E-state index >= 15 is 0 Å². The van der Waals surface area contributed by atoms with Gasteiger partial charge in [-0.3, -0.25) is 0 Å². The second-order valence-electron chi connectivity index (χ2n) is 2.73. The van der Waals surface area contributed by atoms with Crippen molar-refractivity contribution in [3.05, 3.63) is 32.7 Å². The SMILES string of the molecule is CCc1cc(Br)cc(CN)c1[N+]#N. The molecule has 2 N–H and O–H groups in total. The van der Waals surface area contributed by atoms with Crippen molar-refractivity contribution in [3.63, 3.8) is 0 Å². The number of nitrogens with zero attached hydrogens (tertiary/aromatic N) is 2. The number of diazo groups is 1. The summed E-state index contributed by atoms with van der Waals surface area (Å²) >= 11 is 3.38. The summed E-state index contributed by atoms with van der Waals surface area (Å²) in [5, 5.41) is 8.81. The number of nitrogens with two attached hydrogens (primary N) is 1. The second kappa shape index (κ2) is 4.35. The molecule has 0 aliphatic carbocycles. The highest BCUT2D eigenvalue weighted by molar-refractivity contribution is 9.10. The third-order valence-electron chi connectivity index (χ3n) is 1.93. The highest BCUT2D eigenvalue weighted by Crippen LogP contribution is 2.28. The number of rotatable bonds is 2. The fourth-order valence-electron chi connectivity index (χ4n) is 1.27. The Bertz CT molecular complexity index is 329. The molecule has 0 amide bonds. The summed E-state index contributed by atoms with van der Waals surface area (Å²) in [4.78, 5) is 3.25. The van der Waals surface area contributed by atoms with Crippen LogP contribution in [0.2, 0.25) is 0 Å². The maximum Gasteiger partial charge on any atom is 0.392 e. The molecule has 0 atom stereocenters. The predicted molar refractivity (Wildman–Crippen MR) is 56.2 cm³/mol. The fraction of sp³-hybridized carbons (Fsp3) is 0.333. The molecule has 13 heavy (non-hydrogen) atoms. The van der Waals surface area contributed by atoms with Crippen LogP contribution in [0.4, 0.5) is 5.69 Å². The molecule has 1 rings (SSSR count). The van der Waals surface area contributed by atoms with Crippen LogP contribution in [0, 0.1) is 5.39 Å². The quantitative estimate of drug-likeness (QED) is 0.809. The smallest absolute Gasteiger partial charge is 0.326 e. The minimum absolute atomic E-state index is 0.381. The van der Waals surface area contributed by atoms with Gasteiger partial charge >= 0.3 is 5.69 Å². The van der Waals surface area contributed by atoms with Crippen LogP contribution in [-0.2, 0) is 13.0 Å². The van der Waals surface area contributed by atoms with Gasteiger partial charge in [-0.05, 0) is 18.6 Å². The number of hydrogen-bond donors (Lipinski definition) is 1. The zero-order valence-corrected chi connectivity index (χ0v) is 9.00. The first-order valence-corrected chi connectivity index (χ1v) is 4.88. The molecule has 0 aliphatic heterocycles. The Morgan fingerprint density at radius 3 is 2.54 bits per heavy atom. The molecule has 0 radical (unpaired) electrons. The third-order valence-corrected chi connectivity index (χ3v) is 2.39. The zero-order chi connectivity index (χ0) is 9.84. The Morgan fingerprint density at radius 1 is 1.46 bits per heavy atom. The summed E-state index contributed by atoms with van der Waals surface area (Å²) in [6.45, 7) is 2.39. The molecule has 0 unspecified atom stereocenters. The van der Waals surface area contributed by atoms with Gasteiger partial charge in [-0.25, -0.2) is 0 Å². The number of hydrogen-bond acceptors (Lipinski definition) is 2. The number of halogens is 1. The molecule has 0 saturated heterocycles. The van der Waals surface area contributed by atoms with Crippen molar-refractivity contribution in [1.29, 1.82) is 5.39 Å². The van der Waals surface area contributed by atoms with Gasteiger partial charge in [0.05, 0.1) is 5.56 Å². The van der Waals surface area contributed by atoms with Gasteiger partial charge < -0.3 is 5.73 Å². The molecule has 68 valence electrons. The molecule has 0 saturated carbocycles. The standard InChI is InChI=1S/C9H11BrN3/c1-2-6-3-8(10)4-7(5-11)9(6)13-12/h3-4H,2,5,11H2,1H3/q+1. The average Bonchev–Trinajstić information content (AvgIpc) is 2.16. The van der Waals surface area contributed by atoms with E-state index in [1.165, 1.54) is 0 Å². The topological polar surface area (TPSA) is 54.2 Å². The molecule has 3 nitrogen and oxygen atoms in total. The summed E-state index contributed by atoms with van der Waals surface area (Å²) in [5.74, 6) is 0. The van der Waals surface area contributed by atoms with Crippen molar-refractivity contribution in [2.75, 3.05) is 0 Å². The molecule has 0 bridgehead atoms. The Balaban J connectivity index is 3.36. The lowest BCUT2D eigenvalue weighted by Gasteiger charge is -1.99. The lowest BCUT2D eigenvalue weighted by atomic mass is 10.1. The van der Waals surface area contributed by atoms with Crippen LogP contribution in [0.15, 0.2) is 16.6 Å². The van der Waals surface area contributed by atoms with E-state index in [1.807, 2.05) is 19.1 Å². The van der Waals surface area contributed by atoms with Crippen LogP contribution in [0.1, 0.15) is 18.1 Å². The van der Waals surface area contributed by atoms with Gasteiger partial charge in [-0.1, -0.05) is 22.9 Å². The maximum atomic E-state index is 8.81. The highest BCUT2D eigenvalue weighted by Gasteiger charge is 2.18. The molecule has 0 fully saturated rings. The van der Waals surface area contributed by atoms with Crippen molar-refractivity contribution >= 4 is 21.6 Å². The number of benzene rings is 1. The first kappa shape index (κ1) is 10.2. The van der Waals surface area contributed by atoms with E-state index < -0.39 is 0 Å². The minimum Gasteiger partial charge on any atom is -0.326 e. The zero-order valence-electron chi connectivity index (χ0n) is 7.42. The first-order chi connectivity index (χ1) is 6.22. The van der Waals surface area contributed by atoms with Crippen molar-refractivity contribution < 1.29 is 0 Å². The van der Waals surface area contributed by atoms with E-state index in [4.69, 9.17) is 11.1 Å². The summed E-state index contributed by atoms with van der Waals surface area (Å²) in [6.07, 6.45) is 0.825. The second-order valence-corrected chi connectivity index (χ2v) is 3.65. The van der Waals surface area contributed by atoms with Crippen LogP contribution in [0.3, 0.4) is 0 Å². The van der Waals surface area contributed by atoms with Crippen LogP contribution < -0.4 is 5.73 Å². The molecular weight excluding hydrogens is 230 g/mol. The van der Waals surface area contributed by atoms with Gasteiger partial charge in [0.1, 0.15) is 0 Å². The molecule has 0 spiro atoms. The first-order valence-electron chi connectivity index (χ1n) is 4.09. The van der Waals surface area contributed by atoms with Crippen molar-refractivity contribution in [3.8, 4) is 0 Å². The summed E-state index contributed by atoms with van der Waals surface area (Å²) in [5.41, 5.74) is 7.98. The van der Waals surface area contributed by atoms with E-state index in [-0.39, 0.29) is 0 Å². The van der Waals surface area contributed by atoms with E-state index in [0.717, 1.165) is 22.0 Å². The summed E-state index contributed by atoms with van der Waals surface area (Å²) < 4.78 is 0.970. The van der Waals surface area contributed by atoms with Gasteiger partial charge in [0, 0.05) is 16.6 Å². The van der Waals surface area contributed by atoms with Crippen LogP contribution in [0.25, 0.3) is 4.98 Å². The molecular formula is C9H11BrN3+. The molecule has 4 heteroatoms. The van der Waals surface area contributed by atoms with Gasteiger partial charge in [-0.2, -0.15) is 0 Å². The predicted octanol–water partition coefficient (Wildman–Crippen LogP) is 2.95. The molecule has 1 aromatic carbocycles. The van der Waals surface area contributed by atoms with Crippen LogP contribution in [-0.4, -0.2) is 0 Å². The van der Waals surface area contributed by atoms with Gasteiger partial charge in [0.2, 0.25) is 5.39 Å². The molecule has 0 aliphatic rings. The summed E-state index contributed by atoms with van der Waals surface area (Å²) in [6, 6.07) is 3.81. The molecule has 0 aromatic heterocycles. The van der Waals surface area contributed by atoms with Gasteiger partial charge in [0.15, 0.2) is 4.98 Å². The third kappa shape index (κ3) is 2.06. The van der Waals surface area contributed by atoms with Crippen LogP contribution >= 0.6 is 15.9 Å². The summed E-state index contributed by atoms with van der Waals surface area (Å²) in [7, 11) is 0. The van der Waals surface area contributed by atoms with Crippen molar-refractivity contribution in [1.82, 2.24) is 0 Å². The normalized spacial score (nSPS) is 9.69. The Morgan fingerprint density at radius 2 is 2.08 bits per heavy atom.